The molecule has 0 fully saturated rings. The summed E-state index contributed by atoms with van der Waals surface area (Å²) < 4.78 is 0. The van der Waals surface area contributed by atoms with Crippen LogP contribution < -0.4 is 10.6 Å². The summed E-state index contributed by atoms with van der Waals surface area (Å²) >= 11 is 1.83. The third kappa shape index (κ3) is 6.71. The summed E-state index contributed by atoms with van der Waals surface area (Å²) in [7, 11) is 1.82. The predicted octanol–water partition coefficient (Wildman–Crippen LogP) is 2.56. The molecule has 5 heteroatoms. The topological polar surface area (TPSA) is 39.7 Å². The van der Waals surface area contributed by atoms with Crippen LogP contribution in [0.1, 0.15) is 25.0 Å². The van der Waals surface area contributed by atoms with Gasteiger partial charge in [-0.05, 0) is 30.5 Å². The first-order chi connectivity index (χ1) is 10.7. The lowest BCUT2D eigenvalue weighted by atomic mass is 10.1. The maximum atomic E-state index is 4.27. The van der Waals surface area contributed by atoms with Gasteiger partial charge in [-0.25, -0.2) is 0 Å². The molecule has 2 N–H and O–H groups in total. The number of nitrogens with zero attached hydrogens (tertiary/aromatic N) is 2. The highest BCUT2D eigenvalue weighted by molar-refractivity contribution is 7.98. The van der Waals surface area contributed by atoms with E-state index in [9.17, 15) is 0 Å². The largest absolute Gasteiger partial charge is 0.356 e. The Morgan fingerprint density at radius 2 is 1.82 bits per heavy atom. The summed E-state index contributed by atoms with van der Waals surface area (Å²) in [6.07, 6.45) is 2.11. The van der Waals surface area contributed by atoms with Gasteiger partial charge in [0.2, 0.25) is 0 Å². The zero-order valence-corrected chi connectivity index (χ0v) is 15.2. The number of thioether (sulfide) groups is 1. The van der Waals surface area contributed by atoms with Crippen molar-refractivity contribution in [3.63, 3.8) is 0 Å². The molecule has 0 spiro atoms. The lowest BCUT2D eigenvalue weighted by Gasteiger charge is -2.20. The van der Waals surface area contributed by atoms with E-state index >= 15 is 0 Å². The maximum absolute atomic E-state index is 4.27. The van der Waals surface area contributed by atoms with Crippen molar-refractivity contribution < 1.29 is 0 Å². The van der Waals surface area contributed by atoms with Gasteiger partial charge in [-0.15, -0.1) is 0 Å². The van der Waals surface area contributed by atoms with Crippen molar-refractivity contribution in [2.45, 2.75) is 26.9 Å². The molecular weight excluding hydrogens is 292 g/mol. The Bertz CT molecular complexity index is 444. The second kappa shape index (κ2) is 11.4. The summed E-state index contributed by atoms with van der Waals surface area (Å²) in [5.41, 5.74) is 2.72. The normalized spacial score (nSPS) is 11.8. The number of guanidine groups is 1. The van der Waals surface area contributed by atoms with E-state index in [0.29, 0.717) is 0 Å². The van der Waals surface area contributed by atoms with Gasteiger partial charge in [-0.3, -0.25) is 9.89 Å². The van der Waals surface area contributed by atoms with Crippen molar-refractivity contribution in [1.29, 1.82) is 0 Å². The van der Waals surface area contributed by atoms with E-state index in [4.69, 9.17) is 0 Å². The molecule has 0 aromatic heterocycles. The number of nitrogens with one attached hydrogen (secondary N) is 2. The van der Waals surface area contributed by atoms with Gasteiger partial charge in [0.15, 0.2) is 5.96 Å². The molecular formula is C17H30N4S. The molecule has 1 aromatic carbocycles. The third-order valence-corrected chi connectivity index (χ3v) is 4.29. The molecule has 1 aromatic rings. The van der Waals surface area contributed by atoms with Crippen LogP contribution in [-0.4, -0.2) is 49.6 Å². The van der Waals surface area contributed by atoms with E-state index in [2.05, 4.69) is 64.9 Å². The predicted molar refractivity (Wildman–Crippen MR) is 99.7 cm³/mol. The summed E-state index contributed by atoms with van der Waals surface area (Å²) in [6.45, 7) is 9.32. The molecule has 0 aliphatic carbocycles. The zero-order valence-electron chi connectivity index (χ0n) is 14.4. The second-order valence-electron chi connectivity index (χ2n) is 5.08. The van der Waals surface area contributed by atoms with Gasteiger partial charge < -0.3 is 10.6 Å². The van der Waals surface area contributed by atoms with Gasteiger partial charge in [0.05, 0.1) is 0 Å². The molecule has 0 aliphatic heterocycles. The Morgan fingerprint density at radius 3 is 2.41 bits per heavy atom. The van der Waals surface area contributed by atoms with Crippen molar-refractivity contribution in [3.8, 4) is 0 Å². The Hall–Kier alpha value is -1.20. The third-order valence-electron chi connectivity index (χ3n) is 3.68. The quantitative estimate of drug-likeness (QED) is 0.416. The van der Waals surface area contributed by atoms with E-state index in [1.165, 1.54) is 11.1 Å². The van der Waals surface area contributed by atoms with Crippen LogP contribution in [0.5, 0.6) is 0 Å². The van der Waals surface area contributed by atoms with Crippen molar-refractivity contribution >= 4 is 17.7 Å². The van der Waals surface area contributed by atoms with Crippen LogP contribution in [0.2, 0.25) is 0 Å². The number of rotatable bonds is 9. The second-order valence-corrected chi connectivity index (χ2v) is 6.06. The van der Waals surface area contributed by atoms with E-state index in [0.717, 1.165) is 44.4 Å². The van der Waals surface area contributed by atoms with Crippen molar-refractivity contribution in [3.05, 3.63) is 35.4 Å². The summed E-state index contributed by atoms with van der Waals surface area (Å²) in [5, 5.41) is 6.74. The monoisotopic (exact) mass is 322 g/mol. The van der Waals surface area contributed by atoms with Crippen molar-refractivity contribution in [1.82, 2.24) is 15.5 Å². The summed E-state index contributed by atoms with van der Waals surface area (Å²) in [6, 6.07) is 8.64. The van der Waals surface area contributed by atoms with Gasteiger partial charge in [0.1, 0.15) is 0 Å². The average Bonchev–Trinajstić information content (AvgIpc) is 2.56. The molecule has 0 amide bonds. The lowest BCUT2D eigenvalue weighted by molar-refractivity contribution is 0.295. The van der Waals surface area contributed by atoms with E-state index in [-0.39, 0.29) is 0 Å². The van der Waals surface area contributed by atoms with Crippen LogP contribution >= 0.6 is 11.8 Å². The molecule has 0 aliphatic rings. The first-order valence-electron chi connectivity index (χ1n) is 7.97. The fourth-order valence-corrected chi connectivity index (χ4v) is 2.55. The highest BCUT2D eigenvalue weighted by Crippen LogP contribution is 2.11. The standard InChI is InChI=1S/C17H30N4S/c1-5-21(6-2)14-16-10-8-7-9-15(16)13-20-17(18-3)19-11-12-22-4/h7-10H,5-6,11-14H2,1-4H3,(H2,18,19,20). The average molecular weight is 323 g/mol. The van der Waals surface area contributed by atoms with Crippen LogP contribution in [0, 0.1) is 0 Å². The summed E-state index contributed by atoms with van der Waals surface area (Å²) in [4.78, 5) is 6.71. The van der Waals surface area contributed by atoms with Crippen LogP contribution in [0.25, 0.3) is 0 Å². The van der Waals surface area contributed by atoms with E-state index in [1.807, 2.05) is 18.8 Å². The van der Waals surface area contributed by atoms with Crippen molar-refractivity contribution in [2.75, 3.05) is 38.7 Å². The molecule has 22 heavy (non-hydrogen) atoms. The van der Waals surface area contributed by atoms with Crippen molar-refractivity contribution in [2.24, 2.45) is 4.99 Å². The Labute approximate surface area is 139 Å². The number of hydrogen-bond donors (Lipinski definition) is 2. The molecule has 0 bridgehead atoms. The minimum Gasteiger partial charge on any atom is -0.356 e. The van der Waals surface area contributed by atoms with Gasteiger partial charge in [-0.1, -0.05) is 38.1 Å². The molecule has 0 saturated heterocycles. The zero-order chi connectivity index (χ0) is 16.2. The number of benzene rings is 1. The highest BCUT2D eigenvalue weighted by Gasteiger charge is 2.06. The Kier molecular flexibility index (Phi) is 9.75. The lowest BCUT2D eigenvalue weighted by Crippen LogP contribution is -2.38. The van der Waals surface area contributed by atoms with Gasteiger partial charge in [0, 0.05) is 32.4 Å². The van der Waals surface area contributed by atoms with E-state index in [1.54, 1.807) is 0 Å². The summed E-state index contributed by atoms with van der Waals surface area (Å²) in [5.74, 6) is 1.95. The van der Waals surface area contributed by atoms with Crippen LogP contribution in [0.3, 0.4) is 0 Å². The molecule has 0 saturated carbocycles. The first-order valence-corrected chi connectivity index (χ1v) is 9.37. The molecule has 0 atom stereocenters. The first kappa shape index (κ1) is 18.8. The minimum absolute atomic E-state index is 0.802. The van der Waals surface area contributed by atoms with E-state index < -0.39 is 0 Å². The molecule has 0 radical (unpaired) electrons. The fourth-order valence-electron chi connectivity index (χ4n) is 2.24. The smallest absolute Gasteiger partial charge is 0.191 e. The molecule has 0 unspecified atom stereocenters. The van der Waals surface area contributed by atoms with Crippen LogP contribution in [0.4, 0.5) is 0 Å². The van der Waals surface area contributed by atoms with Crippen LogP contribution in [0.15, 0.2) is 29.3 Å². The van der Waals surface area contributed by atoms with Crippen LogP contribution in [-0.2, 0) is 13.1 Å². The minimum atomic E-state index is 0.802. The SMILES string of the molecule is CCN(CC)Cc1ccccc1CNC(=NC)NCCSC. The molecule has 0 heterocycles. The Balaban J connectivity index is 2.61. The Morgan fingerprint density at radius 1 is 1.14 bits per heavy atom. The highest BCUT2D eigenvalue weighted by atomic mass is 32.2. The van der Waals surface area contributed by atoms with Gasteiger partial charge in [-0.2, -0.15) is 11.8 Å². The fraction of sp³-hybridized carbons (Fsp3) is 0.588. The van der Waals surface area contributed by atoms with Gasteiger partial charge >= 0.3 is 0 Å². The number of aliphatic imine (C=N–C) groups is 1. The number of hydrogen-bond acceptors (Lipinski definition) is 3. The molecule has 4 nitrogen and oxygen atoms in total. The maximum Gasteiger partial charge on any atom is 0.191 e. The molecule has 124 valence electrons. The molecule has 1 rings (SSSR count). The van der Waals surface area contributed by atoms with Gasteiger partial charge in [0.25, 0.3) is 0 Å².